The van der Waals surface area contributed by atoms with Gasteiger partial charge in [0.2, 0.25) is 5.91 Å². The van der Waals surface area contributed by atoms with Crippen LogP contribution in [0.5, 0.6) is 0 Å². The molecule has 7 nitrogen and oxygen atoms in total. The highest BCUT2D eigenvalue weighted by Crippen LogP contribution is 2.36. The van der Waals surface area contributed by atoms with Crippen LogP contribution in [-0.4, -0.2) is 50.6 Å². The first-order valence-electron chi connectivity index (χ1n) is 9.27. The molecule has 30 heavy (non-hydrogen) atoms. The fraction of sp³-hybridized carbons (Fsp3) is 0.368. The molecule has 0 spiro atoms. The highest BCUT2D eigenvalue weighted by atomic mass is 19.4. The second kappa shape index (κ2) is 7.22. The molecule has 1 amide bonds. The first-order valence-corrected chi connectivity index (χ1v) is 9.27. The van der Waals surface area contributed by atoms with E-state index in [1.54, 1.807) is 18.5 Å². The fourth-order valence-corrected chi connectivity index (χ4v) is 3.73. The van der Waals surface area contributed by atoms with E-state index in [1.807, 2.05) is 11.4 Å². The zero-order valence-electron chi connectivity index (χ0n) is 15.9. The van der Waals surface area contributed by atoms with Crippen molar-refractivity contribution in [2.24, 2.45) is 0 Å². The lowest BCUT2D eigenvalue weighted by Crippen LogP contribution is -2.55. The van der Waals surface area contributed by atoms with Crippen molar-refractivity contribution in [2.75, 3.05) is 18.0 Å². The number of pyridine rings is 1. The SMILES string of the molecule is CC1(C(=O)NCC(F)(F)F)CCCN1c1nc(-c2c[nH]c3ncccc23)ncc1F.[HH].[HH]. The van der Waals surface area contributed by atoms with E-state index in [2.05, 4.69) is 19.9 Å². The third-order valence-corrected chi connectivity index (χ3v) is 5.25. The molecule has 1 atom stereocenters. The summed E-state index contributed by atoms with van der Waals surface area (Å²) in [4.78, 5) is 29.5. The molecule has 4 heterocycles. The monoisotopic (exact) mass is 426 g/mol. The lowest BCUT2D eigenvalue weighted by molar-refractivity contribution is -0.141. The molecule has 11 heteroatoms. The van der Waals surface area contributed by atoms with E-state index >= 15 is 0 Å². The van der Waals surface area contributed by atoms with Gasteiger partial charge in [0.15, 0.2) is 17.5 Å². The van der Waals surface area contributed by atoms with Gasteiger partial charge in [-0.1, -0.05) is 0 Å². The molecule has 1 aliphatic rings. The predicted octanol–water partition coefficient (Wildman–Crippen LogP) is 3.69. The Hall–Kier alpha value is -3.24. The zero-order valence-corrected chi connectivity index (χ0v) is 15.9. The Morgan fingerprint density at radius 1 is 1.40 bits per heavy atom. The number of H-pyrrole nitrogens is 1. The molecular formula is C19H22F4N6O. The van der Waals surface area contributed by atoms with Gasteiger partial charge in [-0.25, -0.2) is 19.3 Å². The fourth-order valence-electron chi connectivity index (χ4n) is 3.73. The largest absolute Gasteiger partial charge is 0.405 e. The van der Waals surface area contributed by atoms with Crippen LogP contribution in [0.15, 0.2) is 30.7 Å². The maximum absolute atomic E-state index is 14.7. The Morgan fingerprint density at radius 2 is 2.20 bits per heavy atom. The normalized spacial score (nSPS) is 19.4. The van der Waals surface area contributed by atoms with Gasteiger partial charge < -0.3 is 15.2 Å². The summed E-state index contributed by atoms with van der Waals surface area (Å²) in [5.41, 5.74) is -0.152. The summed E-state index contributed by atoms with van der Waals surface area (Å²) < 4.78 is 52.3. The summed E-state index contributed by atoms with van der Waals surface area (Å²) in [6.07, 6.45) is 0.506. The average molecular weight is 426 g/mol. The Kier molecular flexibility index (Phi) is 4.83. The number of nitrogens with zero attached hydrogens (tertiary/aromatic N) is 4. The number of aromatic amines is 1. The average Bonchev–Trinajstić information content (AvgIpc) is 3.30. The van der Waals surface area contributed by atoms with Gasteiger partial charge in [-0.3, -0.25) is 4.79 Å². The summed E-state index contributed by atoms with van der Waals surface area (Å²) in [7, 11) is 0. The number of hydrogen-bond donors (Lipinski definition) is 2. The van der Waals surface area contributed by atoms with Crippen LogP contribution in [0, 0.1) is 5.82 Å². The van der Waals surface area contributed by atoms with Crippen molar-refractivity contribution in [1.82, 2.24) is 25.3 Å². The predicted molar refractivity (Wildman–Crippen MR) is 105 cm³/mol. The molecule has 0 radical (unpaired) electrons. The van der Waals surface area contributed by atoms with Gasteiger partial charge in [0.1, 0.15) is 17.7 Å². The van der Waals surface area contributed by atoms with Crippen LogP contribution >= 0.6 is 0 Å². The second-order valence-electron chi connectivity index (χ2n) is 7.29. The second-order valence-corrected chi connectivity index (χ2v) is 7.29. The number of carbonyl (C=O) groups is 1. The highest BCUT2D eigenvalue weighted by molar-refractivity contribution is 5.92. The van der Waals surface area contributed by atoms with Crippen molar-refractivity contribution in [3.63, 3.8) is 0 Å². The van der Waals surface area contributed by atoms with Crippen molar-refractivity contribution in [3.05, 3.63) is 36.5 Å². The minimum absolute atomic E-state index is 0. The number of alkyl halides is 3. The smallest absolute Gasteiger partial charge is 0.345 e. The molecule has 3 aromatic heterocycles. The standard InChI is InChI=1S/C19H18F4N6O.2H2/c1-18(17(30)27-10-19(21,22)23)5-3-7-29(18)16-13(20)9-26-15(28-16)12-8-25-14-11(12)4-2-6-24-14;;/h2,4,6,8-9H,3,5,7,10H2,1H3,(H,24,25)(H,27,30);2*1H. The molecule has 1 saturated heterocycles. The number of rotatable bonds is 4. The summed E-state index contributed by atoms with van der Waals surface area (Å²) in [5.74, 6) is -1.49. The minimum Gasteiger partial charge on any atom is -0.345 e. The van der Waals surface area contributed by atoms with E-state index in [0.29, 0.717) is 17.6 Å². The molecule has 1 unspecified atom stereocenters. The van der Waals surface area contributed by atoms with Crippen molar-refractivity contribution in [1.29, 1.82) is 0 Å². The molecule has 4 rings (SSSR count). The maximum Gasteiger partial charge on any atom is 0.405 e. The summed E-state index contributed by atoms with van der Waals surface area (Å²) in [6.45, 7) is 0.316. The Labute approximate surface area is 171 Å². The lowest BCUT2D eigenvalue weighted by Gasteiger charge is -2.35. The molecular weight excluding hydrogens is 404 g/mol. The van der Waals surface area contributed by atoms with Gasteiger partial charge in [0.25, 0.3) is 0 Å². The molecule has 3 aromatic rings. The number of hydrogen-bond acceptors (Lipinski definition) is 5. The van der Waals surface area contributed by atoms with Crippen LogP contribution in [-0.2, 0) is 4.79 Å². The van der Waals surface area contributed by atoms with Crippen LogP contribution < -0.4 is 10.2 Å². The topological polar surface area (TPSA) is 86.8 Å². The molecule has 1 fully saturated rings. The Balaban J connectivity index is 0.00000181. The van der Waals surface area contributed by atoms with Crippen LogP contribution in [0.4, 0.5) is 23.4 Å². The van der Waals surface area contributed by atoms with Crippen LogP contribution in [0.25, 0.3) is 22.4 Å². The van der Waals surface area contributed by atoms with Crippen molar-refractivity contribution >= 4 is 22.8 Å². The first kappa shape index (κ1) is 20.0. The number of halogens is 4. The van der Waals surface area contributed by atoms with Gasteiger partial charge in [0.05, 0.1) is 6.20 Å². The van der Waals surface area contributed by atoms with Crippen LogP contribution in [0.2, 0.25) is 0 Å². The van der Waals surface area contributed by atoms with Crippen LogP contribution in [0.3, 0.4) is 0 Å². The zero-order chi connectivity index (χ0) is 21.5. The molecule has 0 aromatic carbocycles. The van der Waals surface area contributed by atoms with Gasteiger partial charge in [-0.05, 0) is 31.9 Å². The van der Waals surface area contributed by atoms with E-state index in [1.165, 1.54) is 11.8 Å². The quantitative estimate of drug-likeness (QED) is 0.622. The van der Waals surface area contributed by atoms with Crippen LogP contribution in [0.1, 0.15) is 22.6 Å². The van der Waals surface area contributed by atoms with Crippen molar-refractivity contribution < 1.29 is 25.2 Å². The van der Waals surface area contributed by atoms with E-state index in [4.69, 9.17) is 0 Å². The molecule has 2 N–H and O–H groups in total. The van der Waals surface area contributed by atoms with E-state index in [0.717, 1.165) is 11.6 Å². The third kappa shape index (κ3) is 3.55. The summed E-state index contributed by atoms with van der Waals surface area (Å²) in [6, 6.07) is 3.55. The van der Waals surface area contributed by atoms with Gasteiger partial charge in [0, 0.05) is 32.7 Å². The van der Waals surface area contributed by atoms with Gasteiger partial charge in [-0.2, -0.15) is 13.2 Å². The number of nitrogens with one attached hydrogen (secondary N) is 2. The molecule has 162 valence electrons. The van der Waals surface area contributed by atoms with E-state index in [9.17, 15) is 22.4 Å². The molecule has 0 aliphatic carbocycles. The molecule has 1 aliphatic heterocycles. The minimum atomic E-state index is -4.54. The van der Waals surface area contributed by atoms with Gasteiger partial charge in [-0.15, -0.1) is 0 Å². The van der Waals surface area contributed by atoms with Gasteiger partial charge >= 0.3 is 6.18 Å². The van der Waals surface area contributed by atoms with E-state index < -0.39 is 30.0 Å². The summed E-state index contributed by atoms with van der Waals surface area (Å²) in [5, 5.41) is 2.64. The number of amides is 1. The Morgan fingerprint density at radius 3 is 2.97 bits per heavy atom. The maximum atomic E-state index is 14.7. The molecule has 0 bridgehead atoms. The number of anilines is 1. The Bertz CT molecular complexity index is 1110. The first-order chi connectivity index (χ1) is 14.2. The van der Waals surface area contributed by atoms with E-state index in [-0.39, 0.29) is 27.5 Å². The third-order valence-electron chi connectivity index (χ3n) is 5.25. The summed E-state index contributed by atoms with van der Waals surface area (Å²) >= 11 is 0. The lowest BCUT2D eigenvalue weighted by atomic mass is 9.97. The number of carbonyl (C=O) groups excluding carboxylic acids is 1. The highest BCUT2D eigenvalue weighted by Gasteiger charge is 2.46. The molecule has 0 saturated carbocycles. The number of aromatic nitrogens is 4. The number of fused-ring (bicyclic) bond motifs is 1. The van der Waals surface area contributed by atoms with Crippen molar-refractivity contribution in [2.45, 2.75) is 31.5 Å². The van der Waals surface area contributed by atoms with Crippen molar-refractivity contribution in [3.8, 4) is 11.4 Å².